The zero-order valence-corrected chi connectivity index (χ0v) is 24.3. The van der Waals surface area contributed by atoms with Crippen molar-refractivity contribution < 1.29 is 34.0 Å². The van der Waals surface area contributed by atoms with E-state index in [1.807, 2.05) is 6.92 Å². The summed E-state index contributed by atoms with van der Waals surface area (Å²) in [6.45, 7) is 10.7. The van der Waals surface area contributed by atoms with E-state index in [0.29, 0.717) is 55.6 Å². The van der Waals surface area contributed by atoms with Gasteiger partial charge in [-0.15, -0.1) is 12.4 Å². The fraction of sp³-hybridized carbons (Fsp3) is 0.467. The minimum atomic E-state index is -0.832. The Morgan fingerprint density at radius 1 is 1.07 bits per heavy atom. The zero-order chi connectivity index (χ0) is 28.1. The Balaban J connectivity index is 0.00000441. The second-order valence-corrected chi connectivity index (χ2v) is 10.4. The number of phenols is 1. The van der Waals surface area contributed by atoms with Gasteiger partial charge in [-0.3, -0.25) is 14.5 Å². The predicted octanol–water partition coefficient (Wildman–Crippen LogP) is 4.31. The molecule has 1 unspecified atom stereocenters. The lowest BCUT2D eigenvalue weighted by molar-refractivity contribution is -0.140. The highest BCUT2D eigenvalue weighted by atomic mass is 35.5. The van der Waals surface area contributed by atoms with Gasteiger partial charge in [-0.1, -0.05) is 19.9 Å². The number of halogens is 1. The van der Waals surface area contributed by atoms with Crippen LogP contribution in [0.1, 0.15) is 43.0 Å². The molecule has 1 atom stereocenters. The van der Waals surface area contributed by atoms with Crippen LogP contribution in [0, 0.1) is 12.8 Å². The average molecular weight is 575 g/mol. The first-order valence-corrected chi connectivity index (χ1v) is 13.4. The molecule has 2 aromatic rings. The third kappa shape index (κ3) is 6.89. The van der Waals surface area contributed by atoms with Gasteiger partial charge >= 0.3 is 0 Å². The van der Waals surface area contributed by atoms with E-state index in [1.54, 1.807) is 30.3 Å². The maximum atomic E-state index is 13.4. The van der Waals surface area contributed by atoms with Gasteiger partial charge in [-0.25, -0.2) is 0 Å². The molecule has 2 fully saturated rings. The summed E-state index contributed by atoms with van der Waals surface area (Å²) in [5.74, 6) is -0.438. The van der Waals surface area contributed by atoms with Crippen LogP contribution >= 0.6 is 12.4 Å². The number of likely N-dealkylation sites (tertiary alicyclic amines) is 1. The molecule has 9 nitrogen and oxygen atoms in total. The first-order chi connectivity index (χ1) is 18.7. The standard InChI is InChI=1S/C30H38N2O7.ClH/c1-19(2)18-39-24-9-7-22(16-20(24)3)28(34)26-27(21-6-8-23(33)25(17-21)37-4)32(30(36)29(26)35)11-5-10-31-12-14-38-15-13-31;/h6-9,16-17,19,27,33-34H,5,10-15,18H2,1-4H3;1H. The number of hydrogen-bond acceptors (Lipinski definition) is 8. The number of benzene rings is 2. The van der Waals surface area contributed by atoms with Crippen molar-refractivity contribution in [2.45, 2.75) is 33.2 Å². The van der Waals surface area contributed by atoms with Crippen LogP contribution in [0.5, 0.6) is 17.2 Å². The molecule has 1 amide bonds. The van der Waals surface area contributed by atoms with Gasteiger partial charge in [-0.05, 0) is 60.7 Å². The molecule has 4 rings (SSSR count). The first-order valence-electron chi connectivity index (χ1n) is 13.4. The van der Waals surface area contributed by atoms with E-state index in [2.05, 4.69) is 18.7 Å². The monoisotopic (exact) mass is 574 g/mol. The number of morpholine rings is 1. The number of ketones is 1. The Hall–Kier alpha value is -3.27. The smallest absolute Gasteiger partial charge is 0.295 e. The average Bonchev–Trinajstić information content (AvgIpc) is 3.17. The molecule has 0 aliphatic carbocycles. The highest BCUT2D eigenvalue weighted by Crippen LogP contribution is 2.42. The van der Waals surface area contributed by atoms with Crippen molar-refractivity contribution in [1.82, 2.24) is 9.80 Å². The molecule has 0 radical (unpaired) electrons. The Bertz CT molecular complexity index is 1240. The lowest BCUT2D eigenvalue weighted by atomic mass is 9.94. The zero-order valence-electron chi connectivity index (χ0n) is 23.5. The molecular formula is C30H39ClN2O7. The summed E-state index contributed by atoms with van der Waals surface area (Å²) in [4.78, 5) is 30.5. The maximum absolute atomic E-state index is 13.4. The van der Waals surface area contributed by atoms with Crippen molar-refractivity contribution >= 4 is 29.9 Å². The Labute approximate surface area is 241 Å². The third-order valence-corrected chi connectivity index (χ3v) is 7.06. The fourth-order valence-electron chi connectivity index (χ4n) is 4.98. The third-order valence-electron chi connectivity index (χ3n) is 7.06. The number of phenolic OH excluding ortho intramolecular Hbond substituents is 1. The van der Waals surface area contributed by atoms with E-state index in [0.717, 1.165) is 25.2 Å². The summed E-state index contributed by atoms with van der Waals surface area (Å²) in [5.41, 5.74) is 1.80. The lowest BCUT2D eigenvalue weighted by Gasteiger charge is -2.29. The number of rotatable bonds is 10. The van der Waals surface area contributed by atoms with E-state index >= 15 is 0 Å². The van der Waals surface area contributed by atoms with Crippen LogP contribution in [0.25, 0.3) is 5.76 Å². The van der Waals surface area contributed by atoms with Crippen molar-refractivity contribution in [2.75, 3.05) is 53.1 Å². The molecule has 10 heteroatoms. The van der Waals surface area contributed by atoms with Crippen LogP contribution in [0.4, 0.5) is 0 Å². The van der Waals surface area contributed by atoms with Gasteiger partial charge in [0, 0.05) is 31.7 Å². The Kier molecular flexibility index (Phi) is 10.8. The number of hydrogen-bond donors (Lipinski definition) is 2. The molecular weight excluding hydrogens is 536 g/mol. The second kappa shape index (κ2) is 13.9. The second-order valence-electron chi connectivity index (χ2n) is 10.4. The summed E-state index contributed by atoms with van der Waals surface area (Å²) >= 11 is 0. The van der Waals surface area contributed by atoms with Gasteiger partial charge in [0.1, 0.15) is 11.5 Å². The number of aliphatic hydroxyl groups excluding tert-OH is 1. The minimum absolute atomic E-state index is 0. The molecule has 2 heterocycles. The quantitative estimate of drug-likeness (QED) is 0.245. The normalized spacial score (nSPS) is 19.1. The molecule has 2 N–H and O–H groups in total. The molecule has 0 spiro atoms. The number of carbonyl (C=O) groups excluding carboxylic acids is 2. The SMILES string of the molecule is COc1cc(C2C(=C(O)c3ccc(OCC(C)C)c(C)c3)C(=O)C(=O)N2CCCN2CCOCC2)ccc1O.Cl. The molecule has 2 saturated heterocycles. The van der Waals surface area contributed by atoms with Gasteiger partial charge in [0.25, 0.3) is 11.7 Å². The van der Waals surface area contributed by atoms with Crippen molar-refractivity contribution in [3.8, 4) is 17.2 Å². The van der Waals surface area contributed by atoms with Gasteiger partial charge < -0.3 is 29.3 Å². The predicted molar refractivity (Wildman–Crippen MR) is 154 cm³/mol. The van der Waals surface area contributed by atoms with Crippen LogP contribution < -0.4 is 9.47 Å². The molecule has 0 aromatic heterocycles. The maximum Gasteiger partial charge on any atom is 0.295 e. The van der Waals surface area contributed by atoms with Gasteiger partial charge in [0.2, 0.25) is 0 Å². The Morgan fingerprint density at radius 2 is 1.80 bits per heavy atom. The highest BCUT2D eigenvalue weighted by molar-refractivity contribution is 6.46. The first kappa shape index (κ1) is 31.3. The number of carbonyl (C=O) groups is 2. The molecule has 0 saturated carbocycles. The molecule has 218 valence electrons. The topological polar surface area (TPSA) is 109 Å². The summed E-state index contributed by atoms with van der Waals surface area (Å²) in [6.07, 6.45) is 0.653. The highest BCUT2D eigenvalue weighted by Gasteiger charge is 2.46. The number of ether oxygens (including phenoxy) is 3. The summed E-state index contributed by atoms with van der Waals surface area (Å²) in [6, 6.07) is 9.09. The molecule has 2 aromatic carbocycles. The van der Waals surface area contributed by atoms with Gasteiger partial charge in [0.15, 0.2) is 11.5 Å². The van der Waals surface area contributed by atoms with Crippen LogP contribution in [-0.2, 0) is 14.3 Å². The Morgan fingerprint density at radius 3 is 2.45 bits per heavy atom. The summed E-state index contributed by atoms with van der Waals surface area (Å²) in [5, 5.41) is 21.6. The van der Waals surface area contributed by atoms with Crippen molar-refractivity contribution in [2.24, 2.45) is 5.92 Å². The number of aliphatic hydroxyl groups is 1. The fourth-order valence-corrected chi connectivity index (χ4v) is 4.98. The molecule has 0 bridgehead atoms. The van der Waals surface area contributed by atoms with E-state index in [1.165, 1.54) is 18.1 Å². The molecule has 2 aliphatic rings. The number of Topliss-reactive ketones (excluding diaryl/α,β-unsaturated/α-hetero) is 1. The number of methoxy groups -OCH3 is 1. The van der Waals surface area contributed by atoms with E-state index < -0.39 is 17.7 Å². The lowest BCUT2D eigenvalue weighted by Crippen LogP contribution is -2.38. The van der Waals surface area contributed by atoms with Crippen LogP contribution in [-0.4, -0.2) is 84.8 Å². The summed E-state index contributed by atoms with van der Waals surface area (Å²) in [7, 11) is 1.43. The number of aryl methyl sites for hydroxylation is 1. The number of amides is 1. The van der Waals surface area contributed by atoms with Crippen LogP contribution in [0.2, 0.25) is 0 Å². The number of aromatic hydroxyl groups is 1. The van der Waals surface area contributed by atoms with Crippen molar-refractivity contribution in [3.05, 3.63) is 58.7 Å². The molecule has 2 aliphatic heterocycles. The number of nitrogens with zero attached hydrogens (tertiary/aromatic N) is 2. The summed E-state index contributed by atoms with van der Waals surface area (Å²) < 4.78 is 16.6. The van der Waals surface area contributed by atoms with Gasteiger partial charge in [0.05, 0.1) is 38.5 Å². The van der Waals surface area contributed by atoms with E-state index in [4.69, 9.17) is 14.2 Å². The van der Waals surface area contributed by atoms with Crippen molar-refractivity contribution in [3.63, 3.8) is 0 Å². The van der Waals surface area contributed by atoms with E-state index in [9.17, 15) is 19.8 Å². The van der Waals surface area contributed by atoms with Gasteiger partial charge in [-0.2, -0.15) is 0 Å². The minimum Gasteiger partial charge on any atom is -0.507 e. The van der Waals surface area contributed by atoms with Crippen LogP contribution in [0.15, 0.2) is 42.0 Å². The largest absolute Gasteiger partial charge is 0.507 e. The van der Waals surface area contributed by atoms with E-state index in [-0.39, 0.29) is 35.2 Å². The molecule has 40 heavy (non-hydrogen) atoms. The van der Waals surface area contributed by atoms with Crippen molar-refractivity contribution in [1.29, 1.82) is 0 Å². The van der Waals surface area contributed by atoms with Crippen LogP contribution in [0.3, 0.4) is 0 Å².